The number of carbonyl (C=O) groups excluding carboxylic acids is 2. The van der Waals surface area contributed by atoms with Crippen LogP contribution in [-0.2, 0) is 10.9 Å². The third-order valence-corrected chi connectivity index (χ3v) is 4.62. The van der Waals surface area contributed by atoms with Crippen LogP contribution in [0.25, 0.3) is 16.9 Å². The fourth-order valence-corrected chi connectivity index (χ4v) is 3.12. The standard InChI is InChI=1S/C23H15F3N4O3/c1-2-33-22(32)18-13-28-30-19(9-10-27-20(18)30)14-5-4-8-17(12-14)29-21(31)15-6-3-7-16(11-15)23(24,25)26/h3,6-13H,2H2,1H3,(H,29,31). The third-order valence-electron chi connectivity index (χ3n) is 4.62. The molecule has 4 aromatic rings. The second-order valence-electron chi connectivity index (χ2n) is 6.80. The van der Waals surface area contributed by atoms with Gasteiger partial charge in [-0.25, -0.2) is 14.3 Å². The van der Waals surface area contributed by atoms with E-state index in [9.17, 15) is 22.8 Å². The van der Waals surface area contributed by atoms with E-state index in [0.717, 1.165) is 12.1 Å². The molecule has 1 amide bonds. The van der Waals surface area contributed by atoms with Gasteiger partial charge in [0.05, 0.1) is 35.3 Å². The Kier molecular flexibility index (Phi) is 5.70. The first-order chi connectivity index (χ1) is 15.8. The molecule has 0 bridgehead atoms. The molecule has 0 spiro atoms. The Labute approximate surface area is 185 Å². The van der Waals surface area contributed by atoms with Gasteiger partial charge >= 0.3 is 12.1 Å². The fourth-order valence-electron chi connectivity index (χ4n) is 3.12. The number of alkyl halides is 3. The van der Waals surface area contributed by atoms with Crippen molar-refractivity contribution in [2.75, 3.05) is 11.9 Å². The van der Waals surface area contributed by atoms with E-state index in [-0.39, 0.29) is 29.1 Å². The molecule has 4 rings (SSSR count). The summed E-state index contributed by atoms with van der Waals surface area (Å²) in [5, 5.41) is 6.75. The molecule has 0 saturated heterocycles. The second kappa shape index (κ2) is 8.63. The first-order valence-electron chi connectivity index (χ1n) is 9.70. The Morgan fingerprint density at radius 1 is 1.21 bits per heavy atom. The van der Waals surface area contributed by atoms with Crippen LogP contribution in [0.1, 0.15) is 33.2 Å². The van der Waals surface area contributed by atoms with Gasteiger partial charge in [0, 0.05) is 17.8 Å². The number of esters is 1. The Morgan fingerprint density at radius 3 is 2.79 bits per heavy atom. The molecular weight excluding hydrogens is 437 g/mol. The van der Waals surface area contributed by atoms with Crippen molar-refractivity contribution in [2.24, 2.45) is 0 Å². The Balaban J connectivity index is 1.63. The van der Waals surface area contributed by atoms with Crippen LogP contribution in [0.3, 0.4) is 0 Å². The normalized spacial score (nSPS) is 11.2. The highest BCUT2D eigenvalue weighted by Crippen LogP contribution is 2.30. The van der Waals surface area contributed by atoms with Gasteiger partial charge in [-0.15, -0.1) is 0 Å². The average molecular weight is 452 g/mol. The molecule has 10 heteroatoms. The van der Waals surface area contributed by atoms with Gasteiger partial charge in [0.2, 0.25) is 0 Å². The molecule has 0 unspecified atom stereocenters. The van der Waals surface area contributed by atoms with Crippen LogP contribution >= 0.6 is 0 Å². The minimum atomic E-state index is -4.56. The molecule has 0 fully saturated rings. The number of nitrogens with zero attached hydrogens (tertiary/aromatic N) is 3. The summed E-state index contributed by atoms with van der Waals surface area (Å²) in [6.45, 7) is 1.89. The molecular formula is C23H15F3N4O3. The number of fused-ring (bicyclic) bond motifs is 1. The number of anilines is 1. The summed E-state index contributed by atoms with van der Waals surface area (Å²) in [6.07, 6.45) is -1.73. The molecule has 0 radical (unpaired) electrons. The largest absolute Gasteiger partial charge is 0.462 e. The zero-order valence-corrected chi connectivity index (χ0v) is 17.1. The van der Waals surface area contributed by atoms with Gasteiger partial charge in [0.25, 0.3) is 5.91 Å². The monoisotopic (exact) mass is 452 g/mol. The summed E-state index contributed by atoms with van der Waals surface area (Å²) in [6, 6.07) is 14.4. The van der Waals surface area contributed by atoms with E-state index in [1.54, 1.807) is 19.1 Å². The van der Waals surface area contributed by atoms with Gasteiger partial charge in [0.1, 0.15) is 5.56 Å². The number of aromatic nitrogens is 3. The summed E-state index contributed by atoms with van der Waals surface area (Å²) < 4.78 is 45.2. The molecule has 2 heterocycles. The number of benzene rings is 1. The number of rotatable bonds is 5. The highest BCUT2D eigenvalue weighted by Gasteiger charge is 2.30. The van der Waals surface area contributed by atoms with Crippen molar-refractivity contribution in [3.05, 3.63) is 83.7 Å². The highest BCUT2D eigenvalue weighted by atomic mass is 19.4. The van der Waals surface area contributed by atoms with Gasteiger partial charge in [-0.2, -0.15) is 18.3 Å². The Morgan fingerprint density at radius 2 is 2.03 bits per heavy atom. The van der Waals surface area contributed by atoms with Crippen LogP contribution in [0, 0.1) is 12.1 Å². The van der Waals surface area contributed by atoms with Crippen molar-refractivity contribution in [2.45, 2.75) is 13.1 Å². The van der Waals surface area contributed by atoms with Crippen LogP contribution in [0.15, 0.2) is 54.9 Å². The molecule has 166 valence electrons. The molecule has 0 atom stereocenters. The summed E-state index contributed by atoms with van der Waals surface area (Å²) in [5.74, 6) is -1.27. The first-order valence-corrected chi connectivity index (χ1v) is 9.70. The number of halogens is 3. The molecule has 0 saturated carbocycles. The van der Waals surface area contributed by atoms with Crippen LogP contribution < -0.4 is 5.32 Å². The lowest BCUT2D eigenvalue weighted by Crippen LogP contribution is -2.14. The van der Waals surface area contributed by atoms with Crippen molar-refractivity contribution in [3.63, 3.8) is 0 Å². The lowest BCUT2D eigenvalue weighted by Gasteiger charge is -2.10. The third kappa shape index (κ3) is 4.48. The van der Waals surface area contributed by atoms with E-state index < -0.39 is 23.6 Å². The van der Waals surface area contributed by atoms with Gasteiger partial charge < -0.3 is 10.1 Å². The number of hydrogen-bond donors (Lipinski definition) is 1. The molecule has 0 aliphatic rings. The van der Waals surface area contributed by atoms with Gasteiger partial charge in [-0.05, 0) is 37.3 Å². The number of amides is 1. The average Bonchev–Trinajstić information content (AvgIpc) is 3.23. The zero-order chi connectivity index (χ0) is 23.6. The molecule has 0 aliphatic heterocycles. The number of hydrogen-bond acceptors (Lipinski definition) is 5. The van der Waals surface area contributed by atoms with E-state index in [0.29, 0.717) is 11.3 Å². The maximum Gasteiger partial charge on any atom is 0.416 e. The van der Waals surface area contributed by atoms with Crippen LogP contribution in [0.2, 0.25) is 0 Å². The van der Waals surface area contributed by atoms with Crippen molar-refractivity contribution in [1.29, 1.82) is 0 Å². The Bertz CT molecular complexity index is 1350. The van der Waals surface area contributed by atoms with Crippen LogP contribution in [0.4, 0.5) is 18.9 Å². The SMILES string of the molecule is CCOC(=O)c1cnn2c(-c3c#ccc(NC(=O)c4cccc(C(F)(F)F)c4)c3)ccnc12. The lowest BCUT2D eigenvalue weighted by atomic mass is 10.1. The van der Waals surface area contributed by atoms with Crippen molar-refractivity contribution in [1.82, 2.24) is 14.6 Å². The van der Waals surface area contributed by atoms with E-state index in [1.807, 2.05) is 0 Å². The lowest BCUT2D eigenvalue weighted by molar-refractivity contribution is -0.137. The summed E-state index contributed by atoms with van der Waals surface area (Å²) >= 11 is 0. The molecule has 1 N–H and O–H groups in total. The van der Waals surface area contributed by atoms with E-state index >= 15 is 0 Å². The molecule has 7 nitrogen and oxygen atoms in total. The number of ether oxygens (including phenoxy) is 1. The minimum Gasteiger partial charge on any atom is -0.462 e. The fraction of sp³-hybridized carbons (Fsp3) is 0.130. The van der Waals surface area contributed by atoms with E-state index in [2.05, 4.69) is 27.5 Å². The predicted molar refractivity (Wildman–Crippen MR) is 111 cm³/mol. The number of nitrogens with one attached hydrogen (secondary N) is 1. The van der Waals surface area contributed by atoms with Crippen molar-refractivity contribution >= 4 is 23.2 Å². The van der Waals surface area contributed by atoms with Gasteiger partial charge in [-0.3, -0.25) is 4.79 Å². The van der Waals surface area contributed by atoms with Crippen molar-refractivity contribution < 1.29 is 27.5 Å². The summed E-state index contributed by atoms with van der Waals surface area (Å²) in [5.41, 5.74) is 0.656. The quantitative estimate of drug-likeness (QED) is 0.453. The van der Waals surface area contributed by atoms with Crippen molar-refractivity contribution in [3.8, 4) is 11.3 Å². The molecule has 2 aromatic heterocycles. The molecule has 0 aliphatic carbocycles. The number of carbonyl (C=O) groups is 2. The molecule has 2 aromatic carbocycles. The molecule has 33 heavy (non-hydrogen) atoms. The second-order valence-corrected chi connectivity index (χ2v) is 6.80. The summed E-state index contributed by atoms with van der Waals surface area (Å²) in [4.78, 5) is 28.8. The van der Waals surface area contributed by atoms with E-state index in [1.165, 1.54) is 35.1 Å². The maximum atomic E-state index is 12.9. The van der Waals surface area contributed by atoms with Crippen LogP contribution in [0.5, 0.6) is 0 Å². The predicted octanol–water partition coefficient (Wildman–Crippen LogP) is 4.44. The maximum absolute atomic E-state index is 12.9. The topological polar surface area (TPSA) is 85.6 Å². The van der Waals surface area contributed by atoms with Gasteiger partial charge in [-0.1, -0.05) is 18.2 Å². The zero-order valence-electron chi connectivity index (χ0n) is 17.1. The first kappa shape index (κ1) is 21.8. The minimum absolute atomic E-state index is 0.142. The highest BCUT2D eigenvalue weighted by molar-refractivity contribution is 6.04. The smallest absolute Gasteiger partial charge is 0.416 e. The van der Waals surface area contributed by atoms with E-state index in [4.69, 9.17) is 4.74 Å². The Hall–Kier alpha value is -4.39. The van der Waals surface area contributed by atoms with Crippen LogP contribution in [-0.4, -0.2) is 33.1 Å². The van der Waals surface area contributed by atoms with Gasteiger partial charge in [0.15, 0.2) is 5.65 Å². The summed E-state index contributed by atoms with van der Waals surface area (Å²) in [7, 11) is 0.